The van der Waals surface area contributed by atoms with Gasteiger partial charge in [0, 0.05) is 18.2 Å². The number of aliphatic hydroxyl groups excluding tert-OH is 1. The number of aliphatic carboxylic acids is 1. The van der Waals surface area contributed by atoms with E-state index in [1.807, 2.05) is 0 Å². The first-order valence-electron chi connectivity index (χ1n) is 3.98. The van der Waals surface area contributed by atoms with Gasteiger partial charge in [-0.3, -0.25) is 4.99 Å². The minimum absolute atomic E-state index is 0.0709. The molecule has 1 aliphatic carbocycles. The monoisotopic (exact) mass is 197 g/mol. The Hall–Kier alpha value is -1.46. The van der Waals surface area contributed by atoms with Crippen LogP contribution in [0.25, 0.3) is 0 Å². The lowest BCUT2D eigenvalue weighted by Gasteiger charge is -2.21. The summed E-state index contributed by atoms with van der Waals surface area (Å²) in [6.07, 6.45) is 2.12. The summed E-state index contributed by atoms with van der Waals surface area (Å²) >= 11 is 0. The number of aliphatic hydroxyl groups is 2. The third kappa shape index (κ3) is 2.07. The highest BCUT2D eigenvalue weighted by molar-refractivity contribution is 5.80. The largest absolute Gasteiger partial charge is 0.478 e. The Bertz CT molecular complexity index is 321. The molecular weight excluding hydrogens is 186 g/mol. The summed E-state index contributed by atoms with van der Waals surface area (Å²) in [5.74, 6) is -1.18. The number of carboxylic acid groups (broad SMARTS) is 1. The zero-order valence-electron chi connectivity index (χ0n) is 7.42. The maximum Gasteiger partial charge on any atom is 0.328 e. The van der Waals surface area contributed by atoms with Crippen molar-refractivity contribution in [1.29, 1.82) is 0 Å². The number of hydrogen-bond acceptors (Lipinski definition) is 4. The van der Waals surface area contributed by atoms with Gasteiger partial charge in [0.15, 0.2) is 0 Å². The first kappa shape index (κ1) is 10.6. The molecule has 0 radical (unpaired) electrons. The molecule has 0 aromatic rings. The van der Waals surface area contributed by atoms with Crippen molar-refractivity contribution in [3.05, 3.63) is 23.9 Å². The van der Waals surface area contributed by atoms with Gasteiger partial charge < -0.3 is 15.3 Å². The van der Waals surface area contributed by atoms with Gasteiger partial charge in [-0.25, -0.2) is 4.79 Å². The molecule has 0 bridgehead atoms. The molecule has 0 saturated carbocycles. The van der Waals surface area contributed by atoms with Crippen molar-refractivity contribution in [2.24, 2.45) is 4.99 Å². The Morgan fingerprint density at radius 1 is 1.79 bits per heavy atom. The van der Waals surface area contributed by atoms with Crippen LogP contribution in [-0.2, 0) is 4.79 Å². The quantitative estimate of drug-likeness (QED) is 0.428. The number of aliphatic imine (C=N–C) groups is 1. The summed E-state index contributed by atoms with van der Waals surface area (Å²) < 4.78 is 0. The second-order valence-corrected chi connectivity index (χ2v) is 3.10. The third-order valence-electron chi connectivity index (χ3n) is 2.04. The summed E-state index contributed by atoms with van der Waals surface area (Å²) in [5, 5.41) is 27.5. The first-order valence-corrected chi connectivity index (χ1v) is 3.98. The van der Waals surface area contributed by atoms with Crippen molar-refractivity contribution in [3.63, 3.8) is 0 Å². The molecular formula is C9H11NO4. The van der Waals surface area contributed by atoms with E-state index in [-0.39, 0.29) is 6.42 Å². The van der Waals surface area contributed by atoms with Crippen molar-refractivity contribution in [1.82, 2.24) is 0 Å². The van der Waals surface area contributed by atoms with Crippen molar-refractivity contribution in [3.8, 4) is 0 Å². The number of hydrogen-bond donors (Lipinski definition) is 3. The van der Waals surface area contributed by atoms with Gasteiger partial charge in [-0.05, 0) is 18.9 Å². The molecule has 5 heteroatoms. The molecule has 3 N–H and O–H groups in total. The molecule has 0 aromatic carbocycles. The molecule has 0 spiro atoms. The van der Waals surface area contributed by atoms with E-state index in [4.69, 9.17) is 5.11 Å². The molecule has 5 nitrogen and oxygen atoms in total. The lowest BCUT2D eigenvalue weighted by Crippen LogP contribution is -2.35. The predicted octanol–water partition coefficient (Wildman–Crippen LogP) is -0.293. The lowest BCUT2D eigenvalue weighted by atomic mass is 9.98. The molecule has 14 heavy (non-hydrogen) atoms. The van der Waals surface area contributed by atoms with Crippen LogP contribution in [0.5, 0.6) is 0 Å². The van der Waals surface area contributed by atoms with Crippen molar-refractivity contribution < 1.29 is 20.1 Å². The Balaban J connectivity index is 2.79. The molecule has 0 amide bonds. The standard InChI is InChI=1S/C9H11NO4/c1-10-6-4-7(11)9(14,5-6)3-2-8(12)13/h2-4,7,11,14H,1,5H2,(H,12,13). The molecule has 2 atom stereocenters. The number of carbonyl (C=O) groups is 1. The highest BCUT2D eigenvalue weighted by atomic mass is 16.4. The minimum Gasteiger partial charge on any atom is -0.478 e. The third-order valence-corrected chi connectivity index (χ3v) is 2.04. The molecule has 2 unspecified atom stereocenters. The summed E-state index contributed by atoms with van der Waals surface area (Å²) in [5.41, 5.74) is -1.12. The van der Waals surface area contributed by atoms with Gasteiger partial charge >= 0.3 is 5.97 Å². The highest BCUT2D eigenvalue weighted by Crippen LogP contribution is 2.31. The van der Waals surface area contributed by atoms with Crippen molar-refractivity contribution >= 4 is 12.7 Å². The second-order valence-electron chi connectivity index (χ2n) is 3.10. The van der Waals surface area contributed by atoms with Gasteiger partial charge in [0.1, 0.15) is 11.7 Å². The van der Waals surface area contributed by atoms with E-state index in [0.717, 1.165) is 12.2 Å². The van der Waals surface area contributed by atoms with Gasteiger partial charge in [-0.2, -0.15) is 0 Å². The topological polar surface area (TPSA) is 90.1 Å². The Morgan fingerprint density at radius 3 is 2.86 bits per heavy atom. The Kier molecular flexibility index (Phi) is 2.83. The second kappa shape index (κ2) is 3.73. The summed E-state index contributed by atoms with van der Waals surface area (Å²) in [4.78, 5) is 13.8. The van der Waals surface area contributed by atoms with Crippen LogP contribution < -0.4 is 0 Å². The smallest absolute Gasteiger partial charge is 0.328 e. The maximum atomic E-state index is 10.2. The van der Waals surface area contributed by atoms with Gasteiger partial charge in [0.2, 0.25) is 0 Å². The van der Waals surface area contributed by atoms with E-state index >= 15 is 0 Å². The average molecular weight is 197 g/mol. The SMILES string of the molecule is C=NC1=CC(O)C(O)(C=CC(=O)O)C1. The Morgan fingerprint density at radius 2 is 2.43 bits per heavy atom. The van der Waals surface area contributed by atoms with Crippen LogP contribution >= 0.6 is 0 Å². The van der Waals surface area contributed by atoms with Crippen LogP contribution in [0, 0.1) is 0 Å². The van der Waals surface area contributed by atoms with Gasteiger partial charge in [0.25, 0.3) is 0 Å². The van der Waals surface area contributed by atoms with Crippen molar-refractivity contribution in [2.75, 3.05) is 0 Å². The van der Waals surface area contributed by atoms with E-state index in [9.17, 15) is 15.0 Å². The summed E-state index contributed by atoms with van der Waals surface area (Å²) in [6, 6.07) is 0. The van der Waals surface area contributed by atoms with E-state index < -0.39 is 17.7 Å². The van der Waals surface area contributed by atoms with Crippen molar-refractivity contribution in [2.45, 2.75) is 18.1 Å². The fraction of sp³-hybridized carbons (Fsp3) is 0.333. The van der Waals surface area contributed by atoms with Gasteiger partial charge in [0.05, 0.1) is 0 Å². The number of nitrogens with zero attached hydrogens (tertiary/aromatic N) is 1. The molecule has 76 valence electrons. The fourth-order valence-electron chi connectivity index (χ4n) is 1.26. The number of rotatable bonds is 3. The molecule has 0 aromatic heterocycles. The van der Waals surface area contributed by atoms with Crippen LogP contribution in [0.4, 0.5) is 0 Å². The molecule has 0 saturated heterocycles. The zero-order chi connectivity index (χ0) is 10.8. The zero-order valence-corrected chi connectivity index (χ0v) is 7.42. The molecule has 0 fully saturated rings. The van der Waals surface area contributed by atoms with Crippen LogP contribution in [0.15, 0.2) is 28.9 Å². The molecule has 0 aliphatic heterocycles. The average Bonchev–Trinajstić information content (AvgIpc) is 2.40. The van der Waals surface area contributed by atoms with Gasteiger partial charge in [-0.15, -0.1) is 0 Å². The normalized spacial score (nSPS) is 31.9. The highest BCUT2D eigenvalue weighted by Gasteiger charge is 2.38. The minimum atomic E-state index is -1.57. The fourth-order valence-corrected chi connectivity index (χ4v) is 1.26. The van der Waals surface area contributed by atoms with Gasteiger partial charge in [-0.1, -0.05) is 0 Å². The maximum absolute atomic E-state index is 10.2. The van der Waals surface area contributed by atoms with E-state index in [0.29, 0.717) is 5.70 Å². The van der Waals surface area contributed by atoms with Crippen LogP contribution in [0.1, 0.15) is 6.42 Å². The summed E-state index contributed by atoms with van der Waals surface area (Å²) in [6.45, 7) is 3.26. The molecule has 0 heterocycles. The predicted molar refractivity (Wildman–Crippen MR) is 50.0 cm³/mol. The first-order chi connectivity index (χ1) is 6.48. The van der Waals surface area contributed by atoms with Crippen LogP contribution in [0.3, 0.4) is 0 Å². The summed E-state index contributed by atoms with van der Waals surface area (Å²) in [7, 11) is 0. The van der Waals surface area contributed by atoms with E-state index in [1.54, 1.807) is 0 Å². The molecule has 1 rings (SSSR count). The van der Waals surface area contributed by atoms with E-state index in [1.165, 1.54) is 6.08 Å². The van der Waals surface area contributed by atoms with E-state index in [2.05, 4.69) is 11.7 Å². The molecule has 1 aliphatic rings. The van der Waals surface area contributed by atoms with Crippen LogP contribution in [0.2, 0.25) is 0 Å². The Labute approximate surface area is 80.7 Å². The van der Waals surface area contributed by atoms with Crippen LogP contribution in [-0.4, -0.2) is 39.7 Å². The number of carboxylic acids is 1. The lowest BCUT2D eigenvalue weighted by molar-refractivity contribution is -0.131.